The van der Waals surface area contributed by atoms with Crippen LogP contribution in [0.25, 0.3) is 0 Å². The lowest BCUT2D eigenvalue weighted by Crippen LogP contribution is -2.27. The van der Waals surface area contributed by atoms with Crippen LogP contribution in [0.4, 0.5) is 0 Å². The molecular weight excluding hydrogens is 242 g/mol. The van der Waals surface area contributed by atoms with E-state index in [0.29, 0.717) is 31.0 Å². The SMILES string of the molecule is NCC1CCCC1COc1nccn(C2CC2)c1=O. The van der Waals surface area contributed by atoms with Crippen molar-refractivity contribution in [2.24, 2.45) is 17.6 Å². The Kier molecular flexibility index (Phi) is 3.55. The molecule has 1 heterocycles. The van der Waals surface area contributed by atoms with Crippen LogP contribution < -0.4 is 16.0 Å². The molecule has 1 aromatic rings. The molecule has 5 nitrogen and oxygen atoms in total. The van der Waals surface area contributed by atoms with E-state index < -0.39 is 0 Å². The highest BCUT2D eigenvalue weighted by molar-refractivity contribution is 5.07. The minimum atomic E-state index is -0.0905. The fraction of sp³-hybridized carbons (Fsp3) is 0.714. The third-order valence-corrected chi connectivity index (χ3v) is 4.33. The topological polar surface area (TPSA) is 70.1 Å². The molecule has 2 saturated carbocycles. The van der Waals surface area contributed by atoms with Gasteiger partial charge in [0.05, 0.1) is 6.61 Å². The number of nitrogens with zero attached hydrogens (tertiary/aromatic N) is 2. The van der Waals surface area contributed by atoms with E-state index in [0.717, 1.165) is 19.3 Å². The van der Waals surface area contributed by atoms with Gasteiger partial charge in [0.2, 0.25) is 0 Å². The summed E-state index contributed by atoms with van der Waals surface area (Å²) in [5.74, 6) is 1.26. The second-order valence-corrected chi connectivity index (χ2v) is 5.67. The first kappa shape index (κ1) is 12.7. The Morgan fingerprint density at radius 2 is 2.11 bits per heavy atom. The van der Waals surface area contributed by atoms with Crippen molar-refractivity contribution >= 4 is 0 Å². The van der Waals surface area contributed by atoms with E-state index in [1.165, 1.54) is 12.8 Å². The fourth-order valence-electron chi connectivity index (χ4n) is 2.97. The van der Waals surface area contributed by atoms with Gasteiger partial charge < -0.3 is 15.0 Å². The molecule has 0 saturated heterocycles. The molecule has 2 aliphatic rings. The number of hydrogen-bond donors (Lipinski definition) is 1. The average Bonchev–Trinajstić information content (AvgIpc) is 3.16. The molecule has 2 N–H and O–H groups in total. The molecule has 0 aromatic carbocycles. The summed E-state index contributed by atoms with van der Waals surface area (Å²) in [5, 5.41) is 0. The lowest BCUT2D eigenvalue weighted by atomic mass is 9.97. The lowest BCUT2D eigenvalue weighted by molar-refractivity contribution is 0.206. The summed E-state index contributed by atoms with van der Waals surface area (Å²) in [5.41, 5.74) is 5.67. The van der Waals surface area contributed by atoms with Crippen LogP contribution in [0.15, 0.2) is 17.2 Å². The lowest BCUT2D eigenvalue weighted by Gasteiger charge is -2.17. The Morgan fingerprint density at radius 1 is 1.32 bits per heavy atom. The van der Waals surface area contributed by atoms with Crippen LogP contribution in [0.5, 0.6) is 5.88 Å². The van der Waals surface area contributed by atoms with Crippen molar-refractivity contribution in [2.45, 2.75) is 38.1 Å². The van der Waals surface area contributed by atoms with Gasteiger partial charge in [-0.2, -0.15) is 0 Å². The van der Waals surface area contributed by atoms with Crippen molar-refractivity contribution in [1.29, 1.82) is 0 Å². The summed E-state index contributed by atoms with van der Waals surface area (Å²) in [6.45, 7) is 1.28. The van der Waals surface area contributed by atoms with Crippen LogP contribution in [-0.2, 0) is 0 Å². The van der Waals surface area contributed by atoms with Gasteiger partial charge in [-0.25, -0.2) is 4.98 Å². The third-order valence-electron chi connectivity index (χ3n) is 4.33. The largest absolute Gasteiger partial charge is 0.473 e. The van der Waals surface area contributed by atoms with Gasteiger partial charge in [-0.05, 0) is 44.1 Å². The van der Waals surface area contributed by atoms with Crippen LogP contribution in [0, 0.1) is 11.8 Å². The standard InChI is InChI=1S/C14H21N3O2/c15-8-10-2-1-3-11(10)9-19-13-14(18)17(7-6-16-13)12-4-5-12/h6-7,10-12H,1-5,8-9,15H2. The molecule has 2 fully saturated rings. The Balaban J connectivity index is 1.66. The predicted molar refractivity (Wildman–Crippen MR) is 72.1 cm³/mol. The molecule has 3 rings (SSSR count). The first-order chi connectivity index (χ1) is 9.29. The van der Waals surface area contributed by atoms with E-state index >= 15 is 0 Å². The van der Waals surface area contributed by atoms with Crippen molar-refractivity contribution in [2.75, 3.05) is 13.2 Å². The Bertz CT molecular complexity index is 496. The summed E-state index contributed by atoms with van der Waals surface area (Å²) in [4.78, 5) is 16.2. The van der Waals surface area contributed by atoms with Crippen molar-refractivity contribution in [3.8, 4) is 5.88 Å². The molecular formula is C14H21N3O2. The Hall–Kier alpha value is -1.36. The molecule has 5 heteroatoms. The van der Waals surface area contributed by atoms with Gasteiger partial charge in [0.15, 0.2) is 0 Å². The van der Waals surface area contributed by atoms with Gasteiger partial charge >= 0.3 is 5.56 Å². The number of hydrogen-bond acceptors (Lipinski definition) is 4. The van der Waals surface area contributed by atoms with Gasteiger partial charge in [-0.1, -0.05) is 6.42 Å². The van der Waals surface area contributed by atoms with Crippen LogP contribution in [0.1, 0.15) is 38.1 Å². The van der Waals surface area contributed by atoms with Crippen molar-refractivity contribution in [3.63, 3.8) is 0 Å². The minimum absolute atomic E-state index is 0.0905. The van der Waals surface area contributed by atoms with E-state index in [-0.39, 0.29) is 11.4 Å². The molecule has 2 aliphatic carbocycles. The molecule has 0 spiro atoms. The number of aromatic nitrogens is 2. The summed E-state index contributed by atoms with van der Waals surface area (Å²) in [6, 6.07) is 0.362. The highest BCUT2D eigenvalue weighted by Gasteiger charge is 2.28. The monoisotopic (exact) mass is 263 g/mol. The number of nitrogens with two attached hydrogens (primary N) is 1. The molecule has 104 valence electrons. The second-order valence-electron chi connectivity index (χ2n) is 5.67. The van der Waals surface area contributed by atoms with Gasteiger partial charge in [-0.3, -0.25) is 4.79 Å². The maximum atomic E-state index is 12.2. The van der Waals surface area contributed by atoms with Gasteiger partial charge in [0.1, 0.15) is 0 Å². The maximum absolute atomic E-state index is 12.2. The van der Waals surface area contributed by atoms with E-state index in [1.54, 1.807) is 17.0 Å². The highest BCUT2D eigenvalue weighted by atomic mass is 16.5. The third kappa shape index (κ3) is 2.66. The molecule has 1 aromatic heterocycles. The van der Waals surface area contributed by atoms with Gasteiger partial charge in [0.25, 0.3) is 5.88 Å². The smallest absolute Gasteiger partial charge is 0.313 e. The van der Waals surface area contributed by atoms with Crippen LogP contribution >= 0.6 is 0 Å². The van der Waals surface area contributed by atoms with Crippen LogP contribution in [0.3, 0.4) is 0 Å². The Labute approximate surface area is 112 Å². The maximum Gasteiger partial charge on any atom is 0.313 e. The van der Waals surface area contributed by atoms with E-state index in [2.05, 4.69) is 4.98 Å². The quantitative estimate of drug-likeness (QED) is 0.870. The molecule has 0 bridgehead atoms. The number of ether oxygens (including phenoxy) is 1. The van der Waals surface area contributed by atoms with Crippen molar-refractivity contribution in [3.05, 3.63) is 22.7 Å². The zero-order valence-corrected chi connectivity index (χ0v) is 11.1. The van der Waals surface area contributed by atoms with Crippen molar-refractivity contribution in [1.82, 2.24) is 9.55 Å². The molecule has 19 heavy (non-hydrogen) atoms. The summed E-state index contributed by atoms with van der Waals surface area (Å²) in [7, 11) is 0. The first-order valence-electron chi connectivity index (χ1n) is 7.19. The summed E-state index contributed by atoms with van der Waals surface area (Å²) >= 11 is 0. The molecule has 0 amide bonds. The Morgan fingerprint density at radius 3 is 2.84 bits per heavy atom. The van der Waals surface area contributed by atoms with Crippen LogP contribution in [0.2, 0.25) is 0 Å². The minimum Gasteiger partial charge on any atom is -0.473 e. The zero-order valence-electron chi connectivity index (χ0n) is 11.1. The van der Waals surface area contributed by atoms with Crippen molar-refractivity contribution < 1.29 is 4.74 Å². The molecule has 0 radical (unpaired) electrons. The predicted octanol–water partition coefficient (Wildman–Crippen LogP) is 1.33. The average molecular weight is 263 g/mol. The number of rotatable bonds is 5. The molecule has 0 aliphatic heterocycles. The molecule has 2 unspecified atom stereocenters. The molecule has 2 atom stereocenters. The van der Waals surface area contributed by atoms with Gasteiger partial charge in [0, 0.05) is 18.4 Å². The van der Waals surface area contributed by atoms with Crippen LogP contribution in [-0.4, -0.2) is 22.7 Å². The second kappa shape index (κ2) is 5.33. The normalized spacial score (nSPS) is 26.6. The van der Waals surface area contributed by atoms with E-state index in [4.69, 9.17) is 10.5 Å². The van der Waals surface area contributed by atoms with E-state index in [1.807, 2.05) is 0 Å². The fourth-order valence-corrected chi connectivity index (χ4v) is 2.97. The summed E-state index contributed by atoms with van der Waals surface area (Å²) < 4.78 is 7.42. The first-order valence-corrected chi connectivity index (χ1v) is 7.19. The van der Waals surface area contributed by atoms with E-state index in [9.17, 15) is 4.79 Å². The zero-order chi connectivity index (χ0) is 13.2. The van der Waals surface area contributed by atoms with Gasteiger partial charge in [-0.15, -0.1) is 0 Å². The highest BCUT2D eigenvalue weighted by Crippen LogP contribution is 2.33. The summed E-state index contributed by atoms with van der Waals surface area (Å²) in [6.07, 6.45) is 9.12.